The summed E-state index contributed by atoms with van der Waals surface area (Å²) >= 11 is 0. The van der Waals surface area contributed by atoms with Gasteiger partial charge in [0.05, 0.1) is 23.3 Å². The predicted octanol–water partition coefficient (Wildman–Crippen LogP) is 2.76. The topological polar surface area (TPSA) is 111 Å². The number of esters is 2. The van der Waals surface area contributed by atoms with Gasteiger partial charge in [0.2, 0.25) is 10.0 Å². The lowest BCUT2D eigenvalue weighted by atomic mass is 9.48. The van der Waals surface area contributed by atoms with Gasteiger partial charge in [-0.1, -0.05) is 30.3 Å². The molecule has 2 fully saturated rings. The molecule has 1 saturated carbocycles. The number of carbonyl (C=O) groups is 2. The standard InChI is InChI=1S/C29H34N2O7S/c1-17-7-5-6-8-21(17)16-39(34,35)30-22-11-12-29(38-19(3)33)24-15-20-9-10-23(36-18(2)32)26-25(20)28(29,27(22)37-26)13-14-31(24)4/h5-10,22,24,27,30H,11-16H2,1-4H3/t22-,24+,27-,28-,29+/m0/s1. The van der Waals surface area contributed by atoms with Crippen molar-refractivity contribution < 1.29 is 32.2 Å². The van der Waals surface area contributed by atoms with Crippen LogP contribution in [0.25, 0.3) is 0 Å². The van der Waals surface area contributed by atoms with Crippen LogP contribution in [0.15, 0.2) is 36.4 Å². The molecule has 1 N–H and O–H groups in total. The third-order valence-electron chi connectivity index (χ3n) is 9.19. The summed E-state index contributed by atoms with van der Waals surface area (Å²) in [5.74, 6) is -0.230. The summed E-state index contributed by atoms with van der Waals surface area (Å²) in [7, 11) is -1.69. The minimum Gasteiger partial charge on any atom is -0.483 e. The zero-order valence-electron chi connectivity index (χ0n) is 22.7. The smallest absolute Gasteiger partial charge is 0.308 e. The van der Waals surface area contributed by atoms with Crippen molar-refractivity contribution in [1.29, 1.82) is 0 Å². The Labute approximate surface area is 228 Å². The molecule has 39 heavy (non-hydrogen) atoms. The van der Waals surface area contributed by atoms with Crippen LogP contribution in [0.2, 0.25) is 0 Å². The van der Waals surface area contributed by atoms with Crippen LogP contribution in [-0.2, 0) is 41.9 Å². The first-order valence-corrected chi connectivity index (χ1v) is 15.1. The largest absolute Gasteiger partial charge is 0.483 e. The molecule has 208 valence electrons. The number of hydrogen-bond acceptors (Lipinski definition) is 8. The number of nitrogens with one attached hydrogen (secondary N) is 1. The summed E-state index contributed by atoms with van der Waals surface area (Å²) in [5, 5.41) is 0. The normalized spacial score (nSPS) is 30.7. The van der Waals surface area contributed by atoms with Crippen LogP contribution < -0.4 is 14.2 Å². The van der Waals surface area contributed by atoms with Crippen molar-refractivity contribution in [1.82, 2.24) is 9.62 Å². The summed E-state index contributed by atoms with van der Waals surface area (Å²) in [5.41, 5.74) is 1.89. The number of aryl methyl sites for hydroxylation is 1. The zero-order valence-corrected chi connectivity index (χ0v) is 23.5. The third-order valence-corrected chi connectivity index (χ3v) is 10.5. The molecule has 2 aliphatic carbocycles. The second-order valence-corrected chi connectivity index (χ2v) is 13.2. The summed E-state index contributed by atoms with van der Waals surface area (Å²) in [6, 6.07) is 10.5. The van der Waals surface area contributed by atoms with Gasteiger partial charge in [0.15, 0.2) is 11.5 Å². The van der Waals surface area contributed by atoms with E-state index in [0.29, 0.717) is 37.2 Å². The molecule has 0 radical (unpaired) electrons. The number of carbonyl (C=O) groups excluding carboxylic acids is 2. The number of likely N-dealkylation sites (N-methyl/N-ethyl adjacent to an activating group) is 1. The Hall–Kier alpha value is -2.95. The van der Waals surface area contributed by atoms with Crippen LogP contribution in [-0.4, -0.2) is 62.6 Å². The van der Waals surface area contributed by atoms with Crippen molar-refractivity contribution in [2.75, 3.05) is 13.6 Å². The molecule has 6 rings (SSSR count). The molecule has 10 heteroatoms. The minimum atomic E-state index is -3.74. The highest BCUT2D eigenvalue weighted by Gasteiger charge is 2.75. The number of hydrogen-bond donors (Lipinski definition) is 1. The molecule has 2 bridgehead atoms. The predicted molar refractivity (Wildman–Crippen MR) is 143 cm³/mol. The molecule has 1 saturated heterocycles. The molecule has 5 atom stereocenters. The zero-order chi connectivity index (χ0) is 27.7. The van der Waals surface area contributed by atoms with Crippen LogP contribution in [0.4, 0.5) is 0 Å². The van der Waals surface area contributed by atoms with E-state index in [1.54, 1.807) is 6.07 Å². The van der Waals surface area contributed by atoms with E-state index in [0.717, 1.165) is 28.8 Å². The SMILES string of the molecule is CC(=O)Oc1ccc2c3c1O[C@H]1[C@@H](NS(=O)(=O)Cc4ccccc4C)CC[C@@]4(OC(C)=O)[C@@H](C2)N(C)CC[C@]314. The molecule has 2 aromatic carbocycles. The first kappa shape index (κ1) is 26.3. The van der Waals surface area contributed by atoms with Crippen molar-refractivity contribution >= 4 is 22.0 Å². The summed E-state index contributed by atoms with van der Waals surface area (Å²) < 4.78 is 48.5. The molecule has 1 spiro atoms. The highest BCUT2D eigenvalue weighted by molar-refractivity contribution is 7.88. The van der Waals surface area contributed by atoms with E-state index in [4.69, 9.17) is 14.2 Å². The Balaban J connectivity index is 1.47. The van der Waals surface area contributed by atoms with E-state index in [1.165, 1.54) is 13.8 Å². The van der Waals surface area contributed by atoms with Gasteiger partial charge in [-0.05, 0) is 69.0 Å². The van der Waals surface area contributed by atoms with Crippen LogP contribution in [0.5, 0.6) is 11.5 Å². The number of ether oxygens (including phenoxy) is 3. The van der Waals surface area contributed by atoms with Gasteiger partial charge in [-0.2, -0.15) is 0 Å². The van der Waals surface area contributed by atoms with Gasteiger partial charge in [-0.15, -0.1) is 0 Å². The third kappa shape index (κ3) is 3.90. The molecule has 0 aromatic heterocycles. The maximum atomic E-state index is 13.5. The monoisotopic (exact) mass is 554 g/mol. The summed E-state index contributed by atoms with van der Waals surface area (Å²) in [6.07, 6.45) is 1.53. The van der Waals surface area contributed by atoms with E-state index in [1.807, 2.05) is 44.3 Å². The Kier molecular flexibility index (Phi) is 6.09. The van der Waals surface area contributed by atoms with E-state index in [2.05, 4.69) is 9.62 Å². The Morgan fingerprint density at radius 1 is 1.13 bits per heavy atom. The fourth-order valence-electron chi connectivity index (χ4n) is 7.78. The van der Waals surface area contributed by atoms with E-state index >= 15 is 0 Å². The van der Waals surface area contributed by atoms with Crippen LogP contribution >= 0.6 is 0 Å². The second-order valence-electron chi connectivity index (χ2n) is 11.4. The van der Waals surface area contributed by atoms with Crippen LogP contribution in [0, 0.1) is 6.92 Å². The number of rotatable bonds is 6. The van der Waals surface area contributed by atoms with E-state index in [-0.39, 0.29) is 17.8 Å². The lowest BCUT2D eigenvalue weighted by Crippen LogP contribution is -2.78. The molecular weight excluding hydrogens is 520 g/mol. The Bertz CT molecular complexity index is 1470. The highest BCUT2D eigenvalue weighted by atomic mass is 32.2. The molecule has 4 aliphatic rings. The van der Waals surface area contributed by atoms with Gasteiger partial charge in [-0.3, -0.25) is 14.5 Å². The second kappa shape index (κ2) is 9.04. The van der Waals surface area contributed by atoms with Crippen molar-refractivity contribution in [2.24, 2.45) is 0 Å². The molecule has 2 aliphatic heterocycles. The molecular formula is C29H34N2O7S. The summed E-state index contributed by atoms with van der Waals surface area (Å²) in [6.45, 7) is 5.39. The molecule has 9 nitrogen and oxygen atoms in total. The van der Waals surface area contributed by atoms with Gasteiger partial charge in [0.1, 0.15) is 11.7 Å². The van der Waals surface area contributed by atoms with Crippen molar-refractivity contribution in [2.45, 2.75) is 81.4 Å². The first-order valence-electron chi connectivity index (χ1n) is 13.4. The maximum absolute atomic E-state index is 13.5. The van der Waals surface area contributed by atoms with E-state index in [9.17, 15) is 18.0 Å². The maximum Gasteiger partial charge on any atom is 0.308 e. The van der Waals surface area contributed by atoms with Crippen LogP contribution in [0.1, 0.15) is 55.4 Å². The first-order chi connectivity index (χ1) is 18.5. The fourth-order valence-corrected chi connectivity index (χ4v) is 9.30. The van der Waals surface area contributed by atoms with Gasteiger partial charge >= 0.3 is 11.9 Å². The van der Waals surface area contributed by atoms with Gasteiger partial charge in [0.25, 0.3) is 0 Å². The van der Waals surface area contributed by atoms with Gasteiger partial charge < -0.3 is 14.2 Å². The van der Waals surface area contributed by atoms with Crippen molar-refractivity contribution in [3.8, 4) is 11.5 Å². The summed E-state index contributed by atoms with van der Waals surface area (Å²) in [4.78, 5) is 26.8. The number of benzene rings is 2. The average molecular weight is 555 g/mol. The van der Waals surface area contributed by atoms with Crippen LogP contribution in [0.3, 0.4) is 0 Å². The average Bonchev–Trinajstić information content (AvgIpc) is 3.21. The van der Waals surface area contributed by atoms with Gasteiger partial charge in [-0.25, -0.2) is 13.1 Å². The Morgan fingerprint density at radius 3 is 2.62 bits per heavy atom. The molecule has 2 aromatic rings. The quantitative estimate of drug-likeness (QED) is 0.429. The fraction of sp³-hybridized carbons (Fsp3) is 0.517. The van der Waals surface area contributed by atoms with Crippen molar-refractivity contribution in [3.63, 3.8) is 0 Å². The highest BCUT2D eigenvalue weighted by Crippen LogP contribution is 2.66. The lowest BCUT2D eigenvalue weighted by molar-refractivity contribution is -0.215. The molecule has 0 unspecified atom stereocenters. The number of nitrogens with zero attached hydrogens (tertiary/aromatic N) is 1. The number of piperidine rings is 1. The minimum absolute atomic E-state index is 0.0937. The number of sulfonamides is 1. The van der Waals surface area contributed by atoms with Gasteiger partial charge in [0, 0.05) is 19.4 Å². The lowest BCUT2D eigenvalue weighted by Gasteiger charge is -2.64. The number of likely N-dealkylation sites (tertiary alicyclic amines) is 1. The molecule has 2 heterocycles. The van der Waals surface area contributed by atoms with E-state index < -0.39 is 39.2 Å². The Morgan fingerprint density at radius 2 is 1.90 bits per heavy atom. The molecule has 0 amide bonds. The van der Waals surface area contributed by atoms with Crippen molar-refractivity contribution in [3.05, 3.63) is 58.7 Å².